The van der Waals surface area contributed by atoms with Gasteiger partial charge in [-0.05, 0) is 130 Å². The summed E-state index contributed by atoms with van der Waals surface area (Å²) in [5.74, 6) is -1.17. The summed E-state index contributed by atoms with van der Waals surface area (Å²) in [7, 11) is 1.55. The Kier molecular flexibility index (Phi) is 15.0. The van der Waals surface area contributed by atoms with E-state index in [4.69, 9.17) is 23.4 Å². The lowest BCUT2D eigenvalue weighted by molar-refractivity contribution is -0.192. The highest BCUT2D eigenvalue weighted by Crippen LogP contribution is 2.50. The maximum atomic E-state index is 15.1. The van der Waals surface area contributed by atoms with E-state index in [0.29, 0.717) is 66.4 Å². The Balaban J connectivity index is 1.14. The number of esters is 2. The minimum Gasteiger partial charge on any atom is -0.483 e. The Morgan fingerprint density at radius 2 is 1.54 bits per heavy atom. The van der Waals surface area contributed by atoms with Gasteiger partial charge in [-0.15, -0.1) is 0 Å². The van der Waals surface area contributed by atoms with Gasteiger partial charge in [0.25, 0.3) is 0 Å². The predicted molar refractivity (Wildman–Crippen MR) is 272 cm³/mol. The van der Waals surface area contributed by atoms with Crippen molar-refractivity contribution in [1.29, 1.82) is 0 Å². The SMILES string of the molecule is COCC(CCO)c1cc2ccc3c(c2oc1=O)C1OC(=O)CC2CC(c4cccc(Cc5ccccc5)c4)C=CC2c2ccc(cc2)CCC(=C(C)C)C(=O)OC1C(C)(CCCc1ccccc1)O3. The van der Waals surface area contributed by atoms with Crippen molar-refractivity contribution in [3.8, 4) is 5.75 Å². The minimum atomic E-state index is -1.21. The van der Waals surface area contributed by atoms with Gasteiger partial charge in [-0.1, -0.05) is 127 Å². The van der Waals surface area contributed by atoms with Gasteiger partial charge in [-0.25, -0.2) is 9.59 Å². The van der Waals surface area contributed by atoms with Gasteiger partial charge in [-0.3, -0.25) is 4.79 Å². The molecule has 3 aliphatic heterocycles. The minimum absolute atomic E-state index is 0.0581. The van der Waals surface area contributed by atoms with Crippen LogP contribution in [0.5, 0.6) is 5.75 Å². The van der Waals surface area contributed by atoms with E-state index in [1.165, 1.54) is 16.7 Å². The number of hydrogen-bond donors (Lipinski definition) is 1. The highest BCUT2D eigenvalue weighted by molar-refractivity contribution is 5.90. The maximum absolute atomic E-state index is 15.1. The molecule has 0 radical (unpaired) electrons. The van der Waals surface area contributed by atoms with E-state index in [1.54, 1.807) is 13.2 Å². The lowest BCUT2D eigenvalue weighted by Crippen LogP contribution is -2.54. The molecule has 7 unspecified atom stereocenters. The second-order valence-electron chi connectivity index (χ2n) is 19.9. The van der Waals surface area contributed by atoms with Gasteiger partial charge >= 0.3 is 17.6 Å². The summed E-state index contributed by atoms with van der Waals surface area (Å²) in [6.45, 7) is 5.81. The van der Waals surface area contributed by atoms with Crippen LogP contribution in [0, 0.1) is 5.92 Å². The van der Waals surface area contributed by atoms with Crippen molar-refractivity contribution < 1.29 is 38.1 Å². The number of allylic oxidation sites excluding steroid dienone is 3. The summed E-state index contributed by atoms with van der Waals surface area (Å²) in [6, 6.07) is 43.4. The molecular formula is C61H64O9. The molecular weight excluding hydrogens is 877 g/mol. The summed E-state index contributed by atoms with van der Waals surface area (Å²) in [5, 5.41) is 10.5. The smallest absolute Gasteiger partial charge is 0.339 e. The largest absolute Gasteiger partial charge is 0.483 e. The van der Waals surface area contributed by atoms with Gasteiger partial charge < -0.3 is 28.5 Å². The summed E-state index contributed by atoms with van der Waals surface area (Å²) >= 11 is 0. The van der Waals surface area contributed by atoms with Crippen LogP contribution in [0.4, 0.5) is 0 Å². The molecule has 0 amide bonds. The molecule has 70 heavy (non-hydrogen) atoms. The number of fused-ring (bicyclic) bond motifs is 11. The molecule has 5 aromatic carbocycles. The number of benzene rings is 5. The molecule has 10 rings (SSSR count). The first-order valence-electron chi connectivity index (χ1n) is 24.9. The topological polar surface area (TPSA) is 122 Å². The third-order valence-electron chi connectivity index (χ3n) is 14.7. The Morgan fingerprint density at radius 3 is 2.27 bits per heavy atom. The van der Waals surface area contributed by atoms with Crippen LogP contribution in [0.1, 0.15) is 128 Å². The highest BCUT2D eigenvalue weighted by Gasteiger charge is 2.53. The molecule has 1 aliphatic carbocycles. The predicted octanol–water partition coefficient (Wildman–Crippen LogP) is 12.0. The normalized spacial score (nSPS) is 22.8. The van der Waals surface area contributed by atoms with Crippen molar-refractivity contribution in [1.82, 2.24) is 0 Å². The van der Waals surface area contributed by atoms with Crippen LogP contribution in [0.15, 0.2) is 160 Å². The third kappa shape index (κ3) is 10.8. The molecule has 0 saturated carbocycles. The standard InChI is InChI=1S/C61H64O9/c1-39(2)50-27-22-41-20-23-44(24-21-41)51-28-25-46(45-19-11-17-43(34-45)33-42-15-9-6-10-16-42)35-49(51)37-54(63)67-57-55-53(29-26-47-36-52(60(65)68-56(47)55)48(30-32-62)38-66-4)70-61(3,58(57)69-59(50)64)31-12-18-40-13-7-5-8-14-40/h5-11,13-17,19-21,23-26,28-29,34,36,46,48-49,51,57-58,62H,12,18,22,27,30-33,35,37-38H2,1-4H3. The van der Waals surface area contributed by atoms with Crippen LogP contribution >= 0.6 is 0 Å². The van der Waals surface area contributed by atoms with Gasteiger partial charge in [0.1, 0.15) is 16.9 Å². The van der Waals surface area contributed by atoms with E-state index in [1.807, 2.05) is 57.2 Å². The van der Waals surface area contributed by atoms with Crippen molar-refractivity contribution >= 4 is 22.9 Å². The van der Waals surface area contributed by atoms with E-state index in [0.717, 1.165) is 35.1 Å². The number of aryl methyl sites for hydroxylation is 2. The molecule has 1 aromatic heterocycles. The first-order chi connectivity index (χ1) is 34.0. The van der Waals surface area contributed by atoms with Gasteiger partial charge in [0.05, 0.1) is 12.2 Å². The van der Waals surface area contributed by atoms with Gasteiger partial charge in [0.15, 0.2) is 12.2 Å². The Hall–Kier alpha value is -6.55. The summed E-state index contributed by atoms with van der Waals surface area (Å²) < 4.78 is 32.3. The Labute approximate surface area is 411 Å². The van der Waals surface area contributed by atoms with E-state index in [9.17, 15) is 14.7 Å². The van der Waals surface area contributed by atoms with Gasteiger partial charge in [0, 0.05) is 54.4 Å². The molecule has 0 fully saturated rings. The molecule has 2 bridgehead atoms. The average molecular weight is 941 g/mol. The van der Waals surface area contributed by atoms with Crippen molar-refractivity contribution in [3.63, 3.8) is 0 Å². The lowest BCUT2D eigenvalue weighted by atomic mass is 9.72. The van der Waals surface area contributed by atoms with E-state index < -0.39 is 41.3 Å². The van der Waals surface area contributed by atoms with E-state index in [-0.39, 0.29) is 43.0 Å². The fraction of sp³-hybridized carbons (Fsp3) is 0.361. The molecule has 9 nitrogen and oxygen atoms in total. The monoisotopic (exact) mass is 940 g/mol. The zero-order chi connectivity index (χ0) is 48.8. The Bertz CT molecular complexity index is 2910. The molecule has 7 atom stereocenters. The average Bonchev–Trinajstić information content (AvgIpc) is 3.35. The number of methoxy groups -OCH3 is 1. The zero-order valence-corrected chi connectivity index (χ0v) is 40.7. The number of aliphatic hydroxyl groups excluding tert-OH is 1. The fourth-order valence-electron chi connectivity index (χ4n) is 11.0. The van der Waals surface area contributed by atoms with Gasteiger partial charge in [-0.2, -0.15) is 0 Å². The maximum Gasteiger partial charge on any atom is 0.339 e. The molecule has 0 spiro atoms. The second-order valence-corrected chi connectivity index (χ2v) is 19.9. The molecule has 362 valence electrons. The number of hydrogen-bond acceptors (Lipinski definition) is 9. The Morgan fingerprint density at radius 1 is 0.800 bits per heavy atom. The van der Waals surface area contributed by atoms with E-state index >= 15 is 4.79 Å². The fourth-order valence-corrected chi connectivity index (χ4v) is 11.0. The van der Waals surface area contributed by atoms with Crippen molar-refractivity contribution in [2.45, 2.75) is 114 Å². The van der Waals surface area contributed by atoms with Crippen LogP contribution < -0.4 is 10.4 Å². The highest BCUT2D eigenvalue weighted by atomic mass is 16.6. The van der Waals surface area contributed by atoms with E-state index in [2.05, 4.69) is 97.1 Å². The van der Waals surface area contributed by atoms with Gasteiger partial charge in [0.2, 0.25) is 0 Å². The van der Waals surface area contributed by atoms with Crippen LogP contribution in [0.3, 0.4) is 0 Å². The van der Waals surface area contributed by atoms with Crippen LogP contribution in [0.25, 0.3) is 11.0 Å². The van der Waals surface area contributed by atoms with Crippen molar-refractivity contribution in [2.75, 3.05) is 20.3 Å². The van der Waals surface area contributed by atoms with Crippen LogP contribution in [-0.4, -0.2) is 49.1 Å². The third-order valence-corrected chi connectivity index (χ3v) is 14.7. The molecule has 4 aliphatic rings. The summed E-state index contributed by atoms with van der Waals surface area (Å²) in [4.78, 5) is 44.0. The van der Waals surface area contributed by atoms with Crippen LogP contribution in [-0.2, 0) is 43.1 Å². The number of ether oxygens (including phenoxy) is 4. The molecule has 0 saturated heterocycles. The number of rotatable bonds is 12. The summed E-state index contributed by atoms with van der Waals surface area (Å²) in [6.07, 6.45) is 7.04. The number of carbonyl (C=O) groups is 2. The summed E-state index contributed by atoms with van der Waals surface area (Å²) in [5.41, 5.74) is 7.49. The van der Waals surface area contributed by atoms with Crippen molar-refractivity contribution in [2.24, 2.45) is 5.92 Å². The first-order valence-corrected chi connectivity index (χ1v) is 24.9. The molecule has 6 aromatic rings. The number of aliphatic hydroxyl groups is 1. The molecule has 9 heteroatoms. The molecule has 1 N–H and O–H groups in total. The lowest BCUT2D eigenvalue weighted by Gasteiger charge is -2.45. The quantitative estimate of drug-likeness (QED) is 0.0553. The number of carbonyl (C=O) groups excluding carboxylic acids is 2. The second kappa shape index (κ2) is 21.6. The van der Waals surface area contributed by atoms with Crippen molar-refractivity contribution in [3.05, 3.63) is 206 Å². The molecule has 4 heterocycles. The van der Waals surface area contributed by atoms with Crippen LogP contribution in [0.2, 0.25) is 0 Å². The first kappa shape index (κ1) is 48.5. The zero-order valence-electron chi connectivity index (χ0n) is 40.7.